The maximum absolute atomic E-state index is 13.4. The van der Waals surface area contributed by atoms with Gasteiger partial charge in [-0.15, -0.1) is 0 Å². The first-order chi connectivity index (χ1) is 14.6. The zero-order chi connectivity index (χ0) is 20.9. The SMILES string of the molecule is CC(C)[C@@H](N[C@H](C(=O)N1CCCC1)c1ccccc1)c1ccc2c(c1)OCCCO2. The molecule has 0 radical (unpaired) electrons. The monoisotopic (exact) mass is 408 g/mol. The Morgan fingerprint density at radius 2 is 1.60 bits per heavy atom. The predicted octanol–water partition coefficient (Wildman–Crippen LogP) is 4.50. The van der Waals surface area contributed by atoms with Gasteiger partial charge in [0.2, 0.25) is 5.91 Å². The molecule has 5 heteroatoms. The van der Waals surface area contributed by atoms with Crippen LogP contribution in [0.5, 0.6) is 11.5 Å². The van der Waals surface area contributed by atoms with Crippen LogP contribution in [0, 0.1) is 5.92 Å². The maximum Gasteiger partial charge on any atom is 0.244 e. The van der Waals surface area contributed by atoms with Crippen molar-refractivity contribution in [1.82, 2.24) is 10.2 Å². The van der Waals surface area contributed by atoms with E-state index in [1.165, 1.54) is 0 Å². The highest BCUT2D eigenvalue weighted by Crippen LogP contribution is 2.35. The van der Waals surface area contributed by atoms with Gasteiger partial charge in [0.1, 0.15) is 6.04 Å². The fourth-order valence-corrected chi connectivity index (χ4v) is 4.30. The summed E-state index contributed by atoms with van der Waals surface area (Å²) in [7, 11) is 0. The van der Waals surface area contributed by atoms with Crippen molar-refractivity contribution in [2.45, 2.75) is 45.2 Å². The van der Waals surface area contributed by atoms with Gasteiger partial charge in [0.05, 0.1) is 13.2 Å². The van der Waals surface area contributed by atoms with Crippen molar-refractivity contribution in [1.29, 1.82) is 0 Å². The van der Waals surface area contributed by atoms with Crippen LogP contribution in [0.25, 0.3) is 0 Å². The molecular formula is C25H32N2O3. The first-order valence-electron chi connectivity index (χ1n) is 11.1. The molecule has 2 heterocycles. The number of carbonyl (C=O) groups excluding carboxylic acids is 1. The molecular weight excluding hydrogens is 376 g/mol. The number of carbonyl (C=O) groups is 1. The van der Waals surface area contributed by atoms with Crippen LogP contribution in [0.4, 0.5) is 0 Å². The lowest BCUT2D eigenvalue weighted by molar-refractivity contribution is -0.132. The van der Waals surface area contributed by atoms with E-state index in [2.05, 4.69) is 31.3 Å². The van der Waals surface area contributed by atoms with Crippen LogP contribution in [-0.4, -0.2) is 37.1 Å². The molecule has 0 spiro atoms. The smallest absolute Gasteiger partial charge is 0.244 e. The van der Waals surface area contributed by atoms with Gasteiger partial charge in [-0.1, -0.05) is 50.2 Å². The molecule has 5 nitrogen and oxygen atoms in total. The standard InChI is InChI=1S/C25H32N2O3/c1-18(2)23(20-11-12-21-22(17-20)30-16-8-15-29-21)26-24(19-9-4-3-5-10-19)25(28)27-13-6-7-14-27/h3-5,9-12,17-18,23-24,26H,6-8,13-16H2,1-2H3/t23-,24+/m1/s1. The summed E-state index contributed by atoms with van der Waals surface area (Å²) in [5, 5.41) is 3.70. The number of amides is 1. The highest BCUT2D eigenvalue weighted by molar-refractivity contribution is 5.83. The third kappa shape index (κ3) is 4.62. The highest BCUT2D eigenvalue weighted by Gasteiger charge is 2.31. The second kappa shape index (κ2) is 9.52. The Hall–Kier alpha value is -2.53. The Morgan fingerprint density at radius 3 is 2.30 bits per heavy atom. The van der Waals surface area contributed by atoms with Gasteiger partial charge in [0, 0.05) is 25.6 Å². The third-order valence-electron chi connectivity index (χ3n) is 5.94. The van der Waals surface area contributed by atoms with Crippen LogP contribution >= 0.6 is 0 Å². The molecule has 2 aromatic rings. The van der Waals surface area contributed by atoms with Crippen LogP contribution in [0.2, 0.25) is 0 Å². The molecule has 0 saturated carbocycles. The van der Waals surface area contributed by atoms with Crippen molar-refractivity contribution in [3.63, 3.8) is 0 Å². The van der Waals surface area contributed by atoms with Crippen molar-refractivity contribution >= 4 is 5.91 Å². The predicted molar refractivity (Wildman–Crippen MR) is 118 cm³/mol. The number of nitrogens with one attached hydrogen (secondary N) is 1. The molecule has 1 N–H and O–H groups in total. The number of likely N-dealkylation sites (tertiary alicyclic amines) is 1. The van der Waals surface area contributed by atoms with Gasteiger partial charge in [-0.25, -0.2) is 0 Å². The summed E-state index contributed by atoms with van der Waals surface area (Å²) in [6.07, 6.45) is 3.06. The van der Waals surface area contributed by atoms with Crippen LogP contribution < -0.4 is 14.8 Å². The molecule has 0 unspecified atom stereocenters. The minimum absolute atomic E-state index is 0.0129. The average Bonchev–Trinajstić information content (AvgIpc) is 3.20. The summed E-state index contributed by atoms with van der Waals surface area (Å²) in [5.41, 5.74) is 2.12. The summed E-state index contributed by atoms with van der Waals surface area (Å²) in [5.74, 6) is 2.05. The second-order valence-electron chi connectivity index (χ2n) is 8.52. The molecule has 2 aliphatic rings. The molecule has 1 saturated heterocycles. The van der Waals surface area contributed by atoms with E-state index < -0.39 is 0 Å². The molecule has 2 aliphatic heterocycles. The number of hydrogen-bond donors (Lipinski definition) is 1. The summed E-state index contributed by atoms with van der Waals surface area (Å²) < 4.78 is 11.7. The largest absolute Gasteiger partial charge is 0.490 e. The van der Waals surface area contributed by atoms with Crippen LogP contribution in [0.15, 0.2) is 48.5 Å². The Balaban J connectivity index is 1.63. The second-order valence-corrected chi connectivity index (χ2v) is 8.52. The first kappa shape index (κ1) is 20.7. The Kier molecular flexibility index (Phi) is 6.58. The van der Waals surface area contributed by atoms with Crippen molar-refractivity contribution < 1.29 is 14.3 Å². The number of nitrogens with zero attached hydrogens (tertiary/aromatic N) is 1. The van der Waals surface area contributed by atoms with Gasteiger partial charge in [-0.3, -0.25) is 10.1 Å². The zero-order valence-corrected chi connectivity index (χ0v) is 18.0. The van der Waals surface area contributed by atoms with Crippen molar-refractivity contribution in [2.24, 2.45) is 5.92 Å². The molecule has 0 bridgehead atoms. The zero-order valence-electron chi connectivity index (χ0n) is 18.0. The minimum atomic E-state index is -0.368. The summed E-state index contributed by atoms with van der Waals surface area (Å²) in [6, 6.07) is 15.9. The summed E-state index contributed by atoms with van der Waals surface area (Å²) >= 11 is 0. The lowest BCUT2D eigenvalue weighted by Crippen LogP contribution is -2.42. The van der Waals surface area contributed by atoms with Gasteiger partial charge in [0.15, 0.2) is 11.5 Å². The molecule has 4 rings (SSSR count). The van der Waals surface area contributed by atoms with E-state index >= 15 is 0 Å². The van der Waals surface area contributed by atoms with Gasteiger partial charge in [-0.05, 0) is 42.0 Å². The van der Waals surface area contributed by atoms with Gasteiger partial charge >= 0.3 is 0 Å². The van der Waals surface area contributed by atoms with Crippen LogP contribution in [0.1, 0.15) is 56.3 Å². The number of hydrogen-bond acceptors (Lipinski definition) is 4. The lowest BCUT2D eigenvalue weighted by atomic mass is 9.93. The number of ether oxygens (including phenoxy) is 2. The van der Waals surface area contributed by atoms with E-state index in [4.69, 9.17) is 9.47 Å². The number of benzene rings is 2. The van der Waals surface area contributed by atoms with E-state index in [1.807, 2.05) is 41.3 Å². The molecule has 1 fully saturated rings. The minimum Gasteiger partial charge on any atom is -0.490 e. The van der Waals surface area contributed by atoms with Crippen molar-refractivity contribution in [3.05, 3.63) is 59.7 Å². The van der Waals surface area contributed by atoms with E-state index in [0.29, 0.717) is 19.1 Å². The summed E-state index contributed by atoms with van der Waals surface area (Å²) in [4.78, 5) is 15.4. The third-order valence-corrected chi connectivity index (χ3v) is 5.94. The fourth-order valence-electron chi connectivity index (χ4n) is 4.30. The van der Waals surface area contributed by atoms with Crippen molar-refractivity contribution in [2.75, 3.05) is 26.3 Å². The maximum atomic E-state index is 13.4. The Bertz CT molecular complexity index is 847. The van der Waals surface area contributed by atoms with E-state index in [9.17, 15) is 4.79 Å². The van der Waals surface area contributed by atoms with Gasteiger partial charge in [-0.2, -0.15) is 0 Å². The Labute approximate surface area is 179 Å². The lowest BCUT2D eigenvalue weighted by Gasteiger charge is -2.31. The Morgan fingerprint density at radius 1 is 0.900 bits per heavy atom. The van der Waals surface area contributed by atoms with E-state index in [0.717, 1.165) is 55.0 Å². The molecule has 2 aromatic carbocycles. The van der Waals surface area contributed by atoms with Crippen LogP contribution in [0.3, 0.4) is 0 Å². The number of fused-ring (bicyclic) bond motifs is 1. The van der Waals surface area contributed by atoms with Crippen molar-refractivity contribution in [3.8, 4) is 11.5 Å². The fraction of sp³-hybridized carbons (Fsp3) is 0.480. The molecule has 0 aliphatic carbocycles. The summed E-state index contributed by atoms with van der Waals surface area (Å²) in [6.45, 7) is 7.40. The first-order valence-corrected chi connectivity index (χ1v) is 11.1. The highest BCUT2D eigenvalue weighted by atomic mass is 16.5. The normalized spacial score (nSPS) is 18.2. The van der Waals surface area contributed by atoms with E-state index in [1.54, 1.807) is 0 Å². The van der Waals surface area contributed by atoms with Crippen LogP contribution in [-0.2, 0) is 4.79 Å². The average molecular weight is 409 g/mol. The van der Waals surface area contributed by atoms with Gasteiger partial charge in [0.25, 0.3) is 0 Å². The van der Waals surface area contributed by atoms with Gasteiger partial charge < -0.3 is 14.4 Å². The molecule has 0 aromatic heterocycles. The molecule has 30 heavy (non-hydrogen) atoms. The molecule has 2 atom stereocenters. The topological polar surface area (TPSA) is 50.8 Å². The van der Waals surface area contributed by atoms with E-state index in [-0.39, 0.29) is 18.0 Å². The molecule has 1 amide bonds. The molecule has 160 valence electrons. The number of rotatable bonds is 6. The quantitative estimate of drug-likeness (QED) is 0.765.